The van der Waals surface area contributed by atoms with Gasteiger partial charge in [0.25, 0.3) is 0 Å². The molecule has 1 heterocycles. The van der Waals surface area contributed by atoms with Gasteiger partial charge in [0.2, 0.25) is 11.8 Å². The lowest BCUT2D eigenvalue weighted by Crippen LogP contribution is -2.35. The van der Waals surface area contributed by atoms with E-state index in [1.54, 1.807) is 18.9 Å². The standard InChI is InChI=1S/C14H17N3O3/c1-9-4-6-11(7-5-9)13-16-15-12(20-13)8-17(3)10(2)14(18)19/h4-7,10H,8H2,1-3H3,(H,18,19). The smallest absolute Gasteiger partial charge is 0.320 e. The molecule has 1 aromatic carbocycles. The summed E-state index contributed by atoms with van der Waals surface area (Å²) in [4.78, 5) is 12.5. The highest BCUT2D eigenvalue weighted by Crippen LogP contribution is 2.18. The van der Waals surface area contributed by atoms with Crippen LogP contribution in [0.1, 0.15) is 18.4 Å². The summed E-state index contributed by atoms with van der Waals surface area (Å²) >= 11 is 0. The Morgan fingerprint density at radius 2 is 2.00 bits per heavy atom. The summed E-state index contributed by atoms with van der Waals surface area (Å²) in [5.74, 6) is -0.0432. The first-order valence-corrected chi connectivity index (χ1v) is 6.30. The second-order valence-corrected chi connectivity index (χ2v) is 4.80. The zero-order valence-electron chi connectivity index (χ0n) is 11.7. The van der Waals surface area contributed by atoms with Crippen molar-refractivity contribution in [3.05, 3.63) is 35.7 Å². The van der Waals surface area contributed by atoms with E-state index in [-0.39, 0.29) is 0 Å². The molecule has 0 saturated carbocycles. The Labute approximate surface area is 117 Å². The van der Waals surface area contributed by atoms with Gasteiger partial charge in [0.05, 0.1) is 6.54 Å². The molecule has 6 heteroatoms. The Morgan fingerprint density at radius 1 is 1.35 bits per heavy atom. The molecule has 0 fully saturated rings. The molecule has 2 aromatic rings. The highest BCUT2D eigenvalue weighted by atomic mass is 16.4. The fraction of sp³-hybridized carbons (Fsp3) is 0.357. The predicted molar refractivity (Wildman–Crippen MR) is 73.0 cm³/mol. The average Bonchev–Trinajstić information content (AvgIpc) is 2.87. The number of likely N-dealkylation sites (N-methyl/N-ethyl adjacent to an activating group) is 1. The number of carboxylic acid groups (broad SMARTS) is 1. The van der Waals surface area contributed by atoms with Crippen molar-refractivity contribution < 1.29 is 14.3 Å². The van der Waals surface area contributed by atoms with Crippen LogP contribution in [0.4, 0.5) is 0 Å². The van der Waals surface area contributed by atoms with Crippen molar-refractivity contribution in [2.75, 3.05) is 7.05 Å². The third-order valence-electron chi connectivity index (χ3n) is 3.17. The molecule has 2 rings (SSSR count). The summed E-state index contributed by atoms with van der Waals surface area (Å²) in [6, 6.07) is 7.16. The van der Waals surface area contributed by atoms with E-state index in [1.807, 2.05) is 31.2 Å². The lowest BCUT2D eigenvalue weighted by atomic mass is 10.1. The first kappa shape index (κ1) is 14.2. The summed E-state index contributed by atoms with van der Waals surface area (Å²) < 4.78 is 5.55. The number of aryl methyl sites for hydroxylation is 1. The highest BCUT2D eigenvalue weighted by Gasteiger charge is 2.19. The molecule has 0 radical (unpaired) electrons. The van der Waals surface area contributed by atoms with Crippen molar-refractivity contribution in [1.82, 2.24) is 15.1 Å². The number of hydrogen-bond acceptors (Lipinski definition) is 5. The molecule has 0 spiro atoms. The number of carboxylic acids is 1. The number of nitrogens with zero attached hydrogens (tertiary/aromatic N) is 3. The Hall–Kier alpha value is -2.21. The number of carbonyl (C=O) groups is 1. The summed E-state index contributed by atoms with van der Waals surface area (Å²) in [6.07, 6.45) is 0. The van der Waals surface area contributed by atoms with Gasteiger partial charge in [0.1, 0.15) is 6.04 Å². The van der Waals surface area contributed by atoms with E-state index in [2.05, 4.69) is 10.2 Å². The molecule has 20 heavy (non-hydrogen) atoms. The average molecular weight is 275 g/mol. The molecule has 0 aliphatic carbocycles. The van der Waals surface area contributed by atoms with Crippen LogP contribution in [0.15, 0.2) is 28.7 Å². The number of hydrogen-bond donors (Lipinski definition) is 1. The van der Waals surface area contributed by atoms with E-state index < -0.39 is 12.0 Å². The predicted octanol–water partition coefficient (Wildman–Crippen LogP) is 1.95. The van der Waals surface area contributed by atoms with Gasteiger partial charge in [-0.2, -0.15) is 0 Å². The van der Waals surface area contributed by atoms with E-state index in [4.69, 9.17) is 9.52 Å². The van der Waals surface area contributed by atoms with Crippen LogP contribution >= 0.6 is 0 Å². The van der Waals surface area contributed by atoms with Gasteiger partial charge in [-0.05, 0) is 33.0 Å². The van der Waals surface area contributed by atoms with Crippen molar-refractivity contribution >= 4 is 5.97 Å². The molecular formula is C14H17N3O3. The fourth-order valence-corrected chi connectivity index (χ4v) is 1.67. The van der Waals surface area contributed by atoms with E-state index in [0.717, 1.165) is 11.1 Å². The Morgan fingerprint density at radius 3 is 2.60 bits per heavy atom. The Bertz CT molecular complexity index is 592. The molecule has 0 aliphatic rings. The first-order chi connectivity index (χ1) is 9.47. The molecule has 1 aromatic heterocycles. The monoisotopic (exact) mass is 275 g/mol. The van der Waals surface area contributed by atoms with Gasteiger partial charge in [-0.25, -0.2) is 0 Å². The van der Waals surface area contributed by atoms with E-state index >= 15 is 0 Å². The molecule has 0 saturated heterocycles. The third kappa shape index (κ3) is 3.21. The molecule has 6 nitrogen and oxygen atoms in total. The van der Waals surface area contributed by atoms with Crippen molar-refractivity contribution in [2.45, 2.75) is 26.4 Å². The third-order valence-corrected chi connectivity index (χ3v) is 3.17. The SMILES string of the molecule is Cc1ccc(-c2nnc(CN(C)C(C)C(=O)O)o2)cc1. The van der Waals surface area contributed by atoms with Crippen LogP contribution in [0.25, 0.3) is 11.5 Å². The minimum Gasteiger partial charge on any atom is -0.480 e. The molecule has 106 valence electrons. The van der Waals surface area contributed by atoms with Crippen molar-refractivity contribution in [3.63, 3.8) is 0 Å². The second kappa shape index (κ2) is 5.83. The number of aromatic nitrogens is 2. The van der Waals surface area contributed by atoms with E-state index in [1.165, 1.54) is 0 Å². The number of rotatable bonds is 5. The van der Waals surface area contributed by atoms with Gasteiger partial charge >= 0.3 is 5.97 Å². The summed E-state index contributed by atoms with van der Waals surface area (Å²) in [6.45, 7) is 3.91. The summed E-state index contributed by atoms with van der Waals surface area (Å²) in [5.41, 5.74) is 2.01. The maximum atomic E-state index is 10.9. The lowest BCUT2D eigenvalue weighted by molar-refractivity contribution is -0.142. The van der Waals surface area contributed by atoms with Crippen LogP contribution in [0.3, 0.4) is 0 Å². The lowest BCUT2D eigenvalue weighted by Gasteiger charge is -2.18. The topological polar surface area (TPSA) is 79.5 Å². The summed E-state index contributed by atoms with van der Waals surface area (Å²) in [5, 5.41) is 16.9. The Kier molecular flexibility index (Phi) is 4.14. The minimum absolute atomic E-state index is 0.298. The van der Waals surface area contributed by atoms with Gasteiger partial charge in [-0.1, -0.05) is 17.7 Å². The van der Waals surface area contributed by atoms with Crippen molar-refractivity contribution in [1.29, 1.82) is 0 Å². The normalized spacial score (nSPS) is 12.6. The van der Waals surface area contributed by atoms with Gasteiger partial charge in [-0.3, -0.25) is 9.69 Å². The largest absolute Gasteiger partial charge is 0.480 e. The second-order valence-electron chi connectivity index (χ2n) is 4.80. The van der Waals surface area contributed by atoms with Crippen molar-refractivity contribution in [2.24, 2.45) is 0 Å². The quantitative estimate of drug-likeness (QED) is 0.898. The van der Waals surface area contributed by atoms with Crippen LogP contribution in [0, 0.1) is 6.92 Å². The molecule has 0 aliphatic heterocycles. The minimum atomic E-state index is -0.884. The molecule has 1 unspecified atom stereocenters. The zero-order chi connectivity index (χ0) is 14.7. The van der Waals surface area contributed by atoms with Gasteiger partial charge in [-0.15, -0.1) is 10.2 Å². The maximum Gasteiger partial charge on any atom is 0.320 e. The van der Waals surface area contributed by atoms with Gasteiger partial charge in [0, 0.05) is 5.56 Å². The van der Waals surface area contributed by atoms with Gasteiger partial charge < -0.3 is 9.52 Å². The molecule has 1 atom stereocenters. The molecular weight excluding hydrogens is 258 g/mol. The zero-order valence-corrected chi connectivity index (χ0v) is 11.7. The van der Waals surface area contributed by atoms with Crippen molar-refractivity contribution in [3.8, 4) is 11.5 Å². The number of aliphatic carboxylic acids is 1. The Balaban J connectivity index is 2.09. The van der Waals surface area contributed by atoms with Crippen LogP contribution in [0.5, 0.6) is 0 Å². The summed E-state index contributed by atoms with van der Waals surface area (Å²) in [7, 11) is 1.70. The van der Waals surface area contributed by atoms with Crippen LogP contribution < -0.4 is 0 Å². The van der Waals surface area contributed by atoms with Crippen LogP contribution in [-0.4, -0.2) is 39.3 Å². The highest BCUT2D eigenvalue weighted by molar-refractivity contribution is 5.72. The van der Waals surface area contributed by atoms with E-state index in [9.17, 15) is 4.79 Å². The van der Waals surface area contributed by atoms with Crippen LogP contribution in [-0.2, 0) is 11.3 Å². The maximum absolute atomic E-state index is 10.9. The van der Waals surface area contributed by atoms with Crippen LogP contribution in [0.2, 0.25) is 0 Å². The first-order valence-electron chi connectivity index (χ1n) is 6.30. The van der Waals surface area contributed by atoms with Gasteiger partial charge in [0.15, 0.2) is 0 Å². The molecule has 0 bridgehead atoms. The molecule has 1 N–H and O–H groups in total. The van der Waals surface area contributed by atoms with E-state index in [0.29, 0.717) is 18.3 Å². The number of benzene rings is 1. The fourth-order valence-electron chi connectivity index (χ4n) is 1.67. The molecule has 0 amide bonds.